The number of hydrogen-bond acceptors (Lipinski definition) is 5. The minimum Gasteiger partial charge on any atom is -0.490 e. The molecular weight excluding hydrogens is 382 g/mol. The molecule has 0 aliphatic rings. The van der Waals surface area contributed by atoms with Gasteiger partial charge in [0.25, 0.3) is 0 Å². The van der Waals surface area contributed by atoms with Crippen LogP contribution in [0, 0.1) is 0 Å². The summed E-state index contributed by atoms with van der Waals surface area (Å²) in [6.45, 7) is 2.51. The van der Waals surface area contributed by atoms with Crippen LogP contribution in [0.2, 0.25) is 0 Å². The van der Waals surface area contributed by atoms with Crippen molar-refractivity contribution in [1.82, 2.24) is 0 Å². The topological polar surface area (TPSA) is 73.9 Å². The fraction of sp³-hybridized carbons (Fsp3) is 0.167. The van der Waals surface area contributed by atoms with Crippen LogP contribution in [-0.4, -0.2) is 25.1 Å². The van der Waals surface area contributed by atoms with E-state index in [4.69, 9.17) is 14.2 Å². The number of carbonyl (C=O) groups excluding carboxylic acids is 2. The van der Waals surface area contributed by atoms with Gasteiger partial charge >= 0.3 is 5.97 Å². The van der Waals surface area contributed by atoms with Gasteiger partial charge in [-0.25, -0.2) is 4.79 Å². The van der Waals surface area contributed by atoms with Gasteiger partial charge in [-0.3, -0.25) is 4.79 Å². The average Bonchev–Trinajstić information content (AvgIpc) is 2.79. The number of rotatable bonds is 9. The number of esters is 1. The Bertz CT molecular complexity index is 970. The van der Waals surface area contributed by atoms with Crippen LogP contribution in [0.4, 0.5) is 5.69 Å². The molecule has 1 N–H and O–H groups in total. The van der Waals surface area contributed by atoms with E-state index in [0.29, 0.717) is 42.4 Å². The van der Waals surface area contributed by atoms with E-state index in [1.807, 2.05) is 30.3 Å². The number of ether oxygens (including phenoxy) is 3. The highest BCUT2D eigenvalue weighted by atomic mass is 16.5. The highest BCUT2D eigenvalue weighted by Gasteiger charge is 2.10. The molecule has 0 radical (unpaired) electrons. The summed E-state index contributed by atoms with van der Waals surface area (Å²) in [6, 6.07) is 22.9. The van der Waals surface area contributed by atoms with E-state index in [0.717, 1.165) is 5.75 Å². The minimum atomic E-state index is -0.494. The summed E-state index contributed by atoms with van der Waals surface area (Å²) < 4.78 is 16.6. The molecule has 3 aromatic rings. The third-order valence-corrected chi connectivity index (χ3v) is 4.10. The highest BCUT2D eigenvalue weighted by Crippen LogP contribution is 2.19. The smallest absolute Gasteiger partial charge is 0.343 e. The average molecular weight is 405 g/mol. The fourth-order valence-electron chi connectivity index (χ4n) is 2.57. The summed E-state index contributed by atoms with van der Waals surface area (Å²) in [6.07, 6.45) is 0.396. The van der Waals surface area contributed by atoms with Crippen molar-refractivity contribution in [1.29, 1.82) is 0 Å². The molecule has 0 unspecified atom stereocenters. The summed E-state index contributed by atoms with van der Waals surface area (Å²) in [5.74, 6) is 1.14. The summed E-state index contributed by atoms with van der Waals surface area (Å²) in [5.41, 5.74) is 1.02. The molecule has 0 heterocycles. The van der Waals surface area contributed by atoms with Crippen molar-refractivity contribution in [3.05, 3.63) is 84.4 Å². The van der Waals surface area contributed by atoms with Crippen molar-refractivity contribution in [2.75, 3.05) is 18.5 Å². The molecule has 0 aromatic heterocycles. The number of nitrogens with one attached hydrogen (secondary N) is 1. The Balaban J connectivity index is 1.50. The lowest BCUT2D eigenvalue weighted by Crippen LogP contribution is -2.11. The fourth-order valence-corrected chi connectivity index (χ4v) is 2.57. The van der Waals surface area contributed by atoms with Crippen LogP contribution in [0.25, 0.3) is 0 Å². The Morgan fingerprint density at radius 3 is 2.13 bits per heavy atom. The van der Waals surface area contributed by atoms with E-state index in [1.54, 1.807) is 55.5 Å². The molecule has 6 heteroatoms. The van der Waals surface area contributed by atoms with Gasteiger partial charge in [0.05, 0.1) is 5.56 Å². The van der Waals surface area contributed by atoms with E-state index < -0.39 is 5.97 Å². The van der Waals surface area contributed by atoms with Gasteiger partial charge in [-0.15, -0.1) is 0 Å². The van der Waals surface area contributed by atoms with E-state index >= 15 is 0 Å². The van der Waals surface area contributed by atoms with Gasteiger partial charge in [0.1, 0.15) is 30.5 Å². The van der Waals surface area contributed by atoms with Gasteiger partial charge in [0.15, 0.2) is 0 Å². The monoisotopic (exact) mass is 405 g/mol. The molecule has 0 atom stereocenters. The third-order valence-electron chi connectivity index (χ3n) is 4.10. The SMILES string of the molecule is CCC(=O)Nc1ccc(OC(=O)c2cccc(OCCOc3ccccc3)c2)cc1. The molecule has 0 saturated heterocycles. The molecule has 30 heavy (non-hydrogen) atoms. The standard InChI is InChI=1S/C24H23NO5/c1-2-23(26)25-19-11-13-21(14-12-19)30-24(27)18-7-6-10-22(17-18)29-16-15-28-20-8-4-3-5-9-20/h3-14,17H,2,15-16H2,1H3,(H,25,26). The summed E-state index contributed by atoms with van der Waals surface area (Å²) in [5, 5.41) is 2.74. The Labute approximate surface area is 175 Å². The van der Waals surface area contributed by atoms with Gasteiger partial charge in [-0.05, 0) is 54.6 Å². The molecule has 154 valence electrons. The van der Waals surface area contributed by atoms with Crippen molar-refractivity contribution < 1.29 is 23.8 Å². The lowest BCUT2D eigenvalue weighted by molar-refractivity contribution is -0.115. The molecule has 6 nitrogen and oxygen atoms in total. The van der Waals surface area contributed by atoms with Gasteiger partial charge in [0, 0.05) is 12.1 Å². The van der Waals surface area contributed by atoms with Gasteiger partial charge in [-0.1, -0.05) is 31.2 Å². The Morgan fingerprint density at radius 2 is 1.43 bits per heavy atom. The number of benzene rings is 3. The maximum absolute atomic E-state index is 12.4. The van der Waals surface area contributed by atoms with Gasteiger partial charge in [0.2, 0.25) is 5.91 Å². The number of carbonyl (C=O) groups is 2. The normalized spacial score (nSPS) is 10.2. The lowest BCUT2D eigenvalue weighted by Gasteiger charge is -2.10. The maximum Gasteiger partial charge on any atom is 0.343 e. The largest absolute Gasteiger partial charge is 0.490 e. The quantitative estimate of drug-likeness (QED) is 0.317. The van der Waals surface area contributed by atoms with Crippen LogP contribution in [0.5, 0.6) is 17.2 Å². The van der Waals surface area contributed by atoms with Crippen LogP contribution in [0.3, 0.4) is 0 Å². The first-order chi connectivity index (χ1) is 14.6. The molecule has 0 aliphatic carbocycles. The molecule has 0 bridgehead atoms. The van der Waals surface area contributed by atoms with E-state index in [1.165, 1.54) is 0 Å². The zero-order valence-electron chi connectivity index (χ0n) is 16.7. The molecule has 0 saturated carbocycles. The second-order valence-electron chi connectivity index (χ2n) is 6.35. The van der Waals surface area contributed by atoms with Crippen LogP contribution >= 0.6 is 0 Å². The summed E-state index contributed by atoms with van der Waals surface area (Å²) in [7, 11) is 0. The maximum atomic E-state index is 12.4. The first-order valence-corrected chi connectivity index (χ1v) is 9.67. The first kappa shape index (κ1) is 20.9. The number of para-hydroxylation sites is 1. The van der Waals surface area contributed by atoms with Crippen LogP contribution in [0.15, 0.2) is 78.9 Å². The molecule has 1 amide bonds. The third kappa shape index (κ3) is 6.38. The van der Waals surface area contributed by atoms with E-state index in [2.05, 4.69) is 5.32 Å². The molecule has 0 spiro atoms. The summed E-state index contributed by atoms with van der Waals surface area (Å²) >= 11 is 0. The molecule has 3 rings (SSSR count). The summed E-state index contributed by atoms with van der Waals surface area (Å²) in [4.78, 5) is 23.8. The highest BCUT2D eigenvalue weighted by molar-refractivity contribution is 5.92. The predicted octanol–water partition coefficient (Wildman–Crippen LogP) is 4.71. The van der Waals surface area contributed by atoms with Crippen LogP contribution in [0.1, 0.15) is 23.7 Å². The van der Waals surface area contributed by atoms with Crippen molar-refractivity contribution in [2.24, 2.45) is 0 Å². The Hall–Kier alpha value is -3.80. The minimum absolute atomic E-state index is 0.0780. The lowest BCUT2D eigenvalue weighted by atomic mass is 10.2. The van der Waals surface area contributed by atoms with E-state index in [9.17, 15) is 9.59 Å². The number of anilines is 1. The Kier molecular flexibility index (Phi) is 7.44. The van der Waals surface area contributed by atoms with Gasteiger partial charge < -0.3 is 19.5 Å². The molecule has 3 aromatic carbocycles. The zero-order chi connectivity index (χ0) is 21.2. The van der Waals surface area contributed by atoms with E-state index in [-0.39, 0.29) is 5.91 Å². The van der Waals surface area contributed by atoms with Crippen molar-refractivity contribution >= 4 is 17.6 Å². The van der Waals surface area contributed by atoms with Crippen LogP contribution < -0.4 is 19.5 Å². The van der Waals surface area contributed by atoms with Crippen molar-refractivity contribution in [3.8, 4) is 17.2 Å². The first-order valence-electron chi connectivity index (χ1n) is 9.67. The van der Waals surface area contributed by atoms with Gasteiger partial charge in [-0.2, -0.15) is 0 Å². The second kappa shape index (κ2) is 10.7. The van der Waals surface area contributed by atoms with Crippen molar-refractivity contribution in [2.45, 2.75) is 13.3 Å². The second-order valence-corrected chi connectivity index (χ2v) is 6.35. The number of amides is 1. The predicted molar refractivity (Wildman–Crippen MR) is 114 cm³/mol. The Morgan fingerprint density at radius 1 is 0.767 bits per heavy atom. The molecular formula is C24H23NO5. The van der Waals surface area contributed by atoms with Crippen LogP contribution in [-0.2, 0) is 4.79 Å². The van der Waals surface area contributed by atoms with Crippen molar-refractivity contribution in [3.63, 3.8) is 0 Å². The molecule has 0 aliphatic heterocycles. The molecule has 0 fully saturated rings. The zero-order valence-corrected chi connectivity index (χ0v) is 16.7. The number of hydrogen-bond donors (Lipinski definition) is 1.